The number of rotatable bonds is 7. The molecule has 0 bridgehead atoms. The maximum atomic E-state index is 12.4. The largest absolute Gasteiger partial charge is 0.347 e. The van der Waals surface area contributed by atoms with Crippen molar-refractivity contribution < 1.29 is 4.79 Å². The molecule has 6 heteroatoms. The van der Waals surface area contributed by atoms with E-state index in [9.17, 15) is 4.79 Å². The Labute approximate surface area is 158 Å². The van der Waals surface area contributed by atoms with Crippen molar-refractivity contribution in [3.8, 4) is 10.6 Å². The Bertz CT molecular complexity index is 854. The van der Waals surface area contributed by atoms with Crippen LogP contribution in [0, 0.1) is 0 Å². The van der Waals surface area contributed by atoms with Crippen molar-refractivity contribution in [2.45, 2.75) is 33.0 Å². The SMILES string of the molecule is CC(C)N(C)Cc1ccccc1CNC(=O)c1cc(-c2cccs2)[nH]n1. The average Bonchev–Trinajstić information content (AvgIpc) is 3.31. The summed E-state index contributed by atoms with van der Waals surface area (Å²) in [7, 11) is 2.11. The quantitative estimate of drug-likeness (QED) is 0.665. The molecule has 1 amide bonds. The van der Waals surface area contributed by atoms with Gasteiger partial charge < -0.3 is 5.32 Å². The molecule has 0 radical (unpaired) electrons. The monoisotopic (exact) mass is 368 g/mol. The lowest BCUT2D eigenvalue weighted by molar-refractivity contribution is 0.0945. The average molecular weight is 369 g/mol. The van der Waals surface area contributed by atoms with Gasteiger partial charge in [0.1, 0.15) is 0 Å². The van der Waals surface area contributed by atoms with Crippen LogP contribution >= 0.6 is 11.3 Å². The molecule has 0 atom stereocenters. The van der Waals surface area contributed by atoms with E-state index >= 15 is 0 Å². The van der Waals surface area contributed by atoms with Gasteiger partial charge in [-0.3, -0.25) is 14.8 Å². The number of nitrogens with zero attached hydrogens (tertiary/aromatic N) is 2. The van der Waals surface area contributed by atoms with Crippen molar-refractivity contribution in [2.24, 2.45) is 0 Å². The van der Waals surface area contributed by atoms with Gasteiger partial charge in [0.05, 0.1) is 10.6 Å². The van der Waals surface area contributed by atoms with Gasteiger partial charge in [-0.25, -0.2) is 0 Å². The summed E-state index contributed by atoms with van der Waals surface area (Å²) in [6.45, 7) is 5.69. The number of thiophene rings is 1. The van der Waals surface area contributed by atoms with Crippen LogP contribution in [-0.2, 0) is 13.1 Å². The van der Waals surface area contributed by atoms with Crippen LogP contribution in [-0.4, -0.2) is 34.1 Å². The summed E-state index contributed by atoms with van der Waals surface area (Å²) in [5.74, 6) is -0.170. The minimum absolute atomic E-state index is 0.170. The van der Waals surface area contributed by atoms with Gasteiger partial charge in [0.15, 0.2) is 5.69 Å². The minimum atomic E-state index is -0.170. The summed E-state index contributed by atoms with van der Waals surface area (Å²) < 4.78 is 0. The highest BCUT2D eigenvalue weighted by molar-refractivity contribution is 7.13. The van der Waals surface area contributed by atoms with Crippen LogP contribution in [0.5, 0.6) is 0 Å². The van der Waals surface area contributed by atoms with Gasteiger partial charge in [-0.15, -0.1) is 11.3 Å². The number of aromatic amines is 1. The number of nitrogens with one attached hydrogen (secondary N) is 2. The Hall–Kier alpha value is -2.44. The first-order valence-corrected chi connectivity index (χ1v) is 9.57. The second kappa shape index (κ2) is 8.29. The van der Waals surface area contributed by atoms with E-state index in [1.807, 2.05) is 29.6 Å². The number of benzene rings is 1. The smallest absolute Gasteiger partial charge is 0.272 e. The number of hydrogen-bond acceptors (Lipinski definition) is 4. The van der Waals surface area contributed by atoms with Crippen molar-refractivity contribution in [2.75, 3.05) is 7.05 Å². The zero-order chi connectivity index (χ0) is 18.5. The van der Waals surface area contributed by atoms with Crippen molar-refractivity contribution in [1.29, 1.82) is 0 Å². The molecule has 1 aromatic carbocycles. The summed E-state index contributed by atoms with van der Waals surface area (Å²) in [6, 6.07) is 14.5. The molecule has 0 fully saturated rings. The van der Waals surface area contributed by atoms with Crippen molar-refractivity contribution in [3.05, 3.63) is 64.7 Å². The van der Waals surface area contributed by atoms with Crippen LogP contribution in [0.1, 0.15) is 35.5 Å². The fourth-order valence-corrected chi connectivity index (χ4v) is 3.29. The molecule has 0 aliphatic heterocycles. The maximum absolute atomic E-state index is 12.4. The predicted molar refractivity (Wildman–Crippen MR) is 106 cm³/mol. The van der Waals surface area contributed by atoms with Gasteiger partial charge in [0, 0.05) is 19.1 Å². The lowest BCUT2D eigenvalue weighted by Gasteiger charge is -2.22. The number of amides is 1. The van der Waals surface area contributed by atoms with Gasteiger partial charge in [-0.05, 0) is 49.5 Å². The first-order valence-electron chi connectivity index (χ1n) is 8.69. The molecular weight excluding hydrogens is 344 g/mol. The fourth-order valence-electron chi connectivity index (χ4n) is 2.60. The number of carbonyl (C=O) groups is 1. The maximum Gasteiger partial charge on any atom is 0.272 e. The van der Waals surface area contributed by atoms with Crippen LogP contribution in [0.2, 0.25) is 0 Å². The second-order valence-corrected chi connectivity index (χ2v) is 7.55. The van der Waals surface area contributed by atoms with Crippen LogP contribution in [0.3, 0.4) is 0 Å². The van der Waals surface area contributed by atoms with Gasteiger partial charge in [-0.1, -0.05) is 30.3 Å². The fraction of sp³-hybridized carbons (Fsp3) is 0.300. The third-order valence-electron chi connectivity index (χ3n) is 4.46. The molecule has 2 N–H and O–H groups in total. The third kappa shape index (κ3) is 4.39. The minimum Gasteiger partial charge on any atom is -0.347 e. The zero-order valence-electron chi connectivity index (χ0n) is 15.3. The molecule has 0 saturated heterocycles. The van der Waals surface area contributed by atoms with Gasteiger partial charge in [0.2, 0.25) is 0 Å². The third-order valence-corrected chi connectivity index (χ3v) is 5.36. The molecular formula is C20H24N4OS. The standard InChI is InChI=1S/C20H24N4OS/c1-14(2)24(3)13-16-8-5-4-7-15(16)12-21-20(25)18-11-17(22-23-18)19-9-6-10-26-19/h4-11,14H,12-13H2,1-3H3,(H,21,25)(H,22,23). The zero-order valence-corrected chi connectivity index (χ0v) is 16.1. The molecule has 0 aliphatic rings. The highest BCUT2D eigenvalue weighted by Crippen LogP contribution is 2.23. The second-order valence-electron chi connectivity index (χ2n) is 6.60. The number of hydrogen-bond donors (Lipinski definition) is 2. The number of aromatic nitrogens is 2. The van der Waals surface area contributed by atoms with E-state index in [0.717, 1.165) is 22.7 Å². The van der Waals surface area contributed by atoms with Crippen molar-refractivity contribution in [1.82, 2.24) is 20.4 Å². The lowest BCUT2D eigenvalue weighted by Crippen LogP contribution is -2.27. The van der Waals surface area contributed by atoms with Gasteiger partial charge in [0.25, 0.3) is 5.91 Å². The molecule has 0 spiro atoms. The first-order chi connectivity index (χ1) is 12.5. The van der Waals surface area contributed by atoms with Crippen LogP contribution in [0.25, 0.3) is 10.6 Å². The normalized spacial score (nSPS) is 11.3. The summed E-state index contributed by atoms with van der Waals surface area (Å²) >= 11 is 1.61. The van der Waals surface area contributed by atoms with E-state index in [4.69, 9.17) is 0 Å². The number of carbonyl (C=O) groups excluding carboxylic acids is 1. The van der Waals surface area contributed by atoms with Crippen LogP contribution in [0.4, 0.5) is 0 Å². The molecule has 0 saturated carbocycles. The van der Waals surface area contributed by atoms with Crippen LogP contribution < -0.4 is 5.32 Å². The van der Waals surface area contributed by atoms with Crippen LogP contribution in [0.15, 0.2) is 47.8 Å². The molecule has 136 valence electrons. The molecule has 5 nitrogen and oxygen atoms in total. The van der Waals surface area contributed by atoms with E-state index in [1.54, 1.807) is 17.4 Å². The summed E-state index contributed by atoms with van der Waals surface area (Å²) in [6.07, 6.45) is 0. The highest BCUT2D eigenvalue weighted by Gasteiger charge is 2.13. The summed E-state index contributed by atoms with van der Waals surface area (Å²) in [5, 5.41) is 12.1. The summed E-state index contributed by atoms with van der Waals surface area (Å²) in [5.41, 5.74) is 3.63. The first kappa shape index (κ1) is 18.4. The Morgan fingerprint density at radius 2 is 2.00 bits per heavy atom. The Morgan fingerprint density at radius 3 is 2.69 bits per heavy atom. The Balaban J connectivity index is 1.65. The van der Waals surface area contributed by atoms with Crippen molar-refractivity contribution >= 4 is 17.2 Å². The molecule has 2 aromatic heterocycles. The van der Waals surface area contributed by atoms with E-state index in [-0.39, 0.29) is 5.91 Å². The van der Waals surface area contributed by atoms with E-state index < -0.39 is 0 Å². The molecule has 3 rings (SSSR count). The summed E-state index contributed by atoms with van der Waals surface area (Å²) in [4.78, 5) is 15.8. The molecule has 26 heavy (non-hydrogen) atoms. The highest BCUT2D eigenvalue weighted by atomic mass is 32.1. The van der Waals surface area contributed by atoms with E-state index in [0.29, 0.717) is 18.3 Å². The Morgan fingerprint density at radius 1 is 1.23 bits per heavy atom. The number of H-pyrrole nitrogens is 1. The lowest BCUT2D eigenvalue weighted by atomic mass is 10.1. The van der Waals surface area contributed by atoms with E-state index in [2.05, 4.69) is 53.4 Å². The Kier molecular flexibility index (Phi) is 5.85. The topological polar surface area (TPSA) is 61.0 Å². The van der Waals surface area contributed by atoms with Gasteiger partial charge >= 0.3 is 0 Å². The molecule has 3 aromatic rings. The van der Waals surface area contributed by atoms with E-state index in [1.165, 1.54) is 5.56 Å². The molecule has 0 aliphatic carbocycles. The van der Waals surface area contributed by atoms with Crippen molar-refractivity contribution in [3.63, 3.8) is 0 Å². The van der Waals surface area contributed by atoms with Gasteiger partial charge in [-0.2, -0.15) is 5.10 Å². The molecule has 0 unspecified atom stereocenters. The predicted octanol–water partition coefficient (Wildman–Crippen LogP) is 3.91. The molecule has 2 heterocycles.